The number of ether oxygens (including phenoxy) is 3. The fraction of sp³-hybridized carbons (Fsp3) is 0.250. The van der Waals surface area contributed by atoms with Crippen molar-refractivity contribution in [2.45, 2.75) is 13.2 Å². The van der Waals surface area contributed by atoms with Crippen molar-refractivity contribution in [1.82, 2.24) is 0 Å². The van der Waals surface area contributed by atoms with Crippen LogP contribution in [0.25, 0.3) is 0 Å². The van der Waals surface area contributed by atoms with Crippen LogP contribution < -0.4 is 19.9 Å². The van der Waals surface area contributed by atoms with E-state index in [4.69, 9.17) is 25.1 Å². The summed E-state index contributed by atoms with van der Waals surface area (Å²) >= 11 is 0. The maximum atomic E-state index is 9.00. The zero-order valence-corrected chi connectivity index (χ0v) is 11.5. The molecule has 3 N–H and O–H groups in total. The molecule has 0 aliphatic carbocycles. The van der Waals surface area contributed by atoms with Gasteiger partial charge < -0.3 is 25.1 Å². The molecule has 0 atom stereocenters. The summed E-state index contributed by atoms with van der Waals surface area (Å²) in [5, 5.41) is 9.00. The number of nitrogens with two attached hydrogens (primary N) is 1. The number of benzene rings is 2. The first-order chi connectivity index (χ1) is 10.3. The smallest absolute Gasteiger partial charge is 0.163 e. The Morgan fingerprint density at radius 3 is 2.38 bits per heavy atom. The van der Waals surface area contributed by atoms with Gasteiger partial charge >= 0.3 is 0 Å². The van der Waals surface area contributed by atoms with Crippen LogP contribution >= 0.6 is 0 Å². The van der Waals surface area contributed by atoms with Gasteiger partial charge in [-0.15, -0.1) is 0 Å². The molecule has 5 nitrogen and oxygen atoms in total. The normalized spacial score (nSPS) is 13.0. The molecular weight excluding hydrogens is 270 g/mol. The minimum absolute atomic E-state index is 0.0232. The second-order valence-corrected chi connectivity index (χ2v) is 4.79. The molecule has 0 aromatic heterocycles. The minimum Gasteiger partial charge on any atom is -0.489 e. The van der Waals surface area contributed by atoms with Gasteiger partial charge in [-0.2, -0.15) is 0 Å². The molecule has 1 aliphatic rings. The molecule has 0 saturated carbocycles. The van der Waals surface area contributed by atoms with Crippen molar-refractivity contribution in [3.05, 3.63) is 47.5 Å². The highest BCUT2D eigenvalue weighted by molar-refractivity contribution is 5.58. The summed E-state index contributed by atoms with van der Waals surface area (Å²) in [6.45, 7) is 1.45. The summed E-state index contributed by atoms with van der Waals surface area (Å²) in [5.41, 5.74) is 8.32. The molecule has 0 fully saturated rings. The van der Waals surface area contributed by atoms with Crippen LogP contribution in [0.3, 0.4) is 0 Å². The first-order valence-corrected chi connectivity index (χ1v) is 6.77. The van der Waals surface area contributed by atoms with E-state index in [-0.39, 0.29) is 6.61 Å². The van der Waals surface area contributed by atoms with Gasteiger partial charge in [0.05, 0.1) is 6.61 Å². The third-order valence-electron chi connectivity index (χ3n) is 3.30. The Kier molecular flexibility index (Phi) is 3.83. The lowest BCUT2D eigenvalue weighted by atomic mass is 10.1. The third-order valence-corrected chi connectivity index (χ3v) is 3.30. The molecule has 2 aromatic rings. The standard InChI is InChI=1S/C16H17NO4/c17-14-8-16-15(19-5-6-20-16)7-12(14)10-21-13-3-1-11(9-18)2-4-13/h1-4,7-8,18H,5-6,9-10,17H2. The molecule has 0 bridgehead atoms. The molecule has 1 aliphatic heterocycles. The molecule has 0 amide bonds. The molecule has 5 heteroatoms. The Morgan fingerprint density at radius 2 is 1.71 bits per heavy atom. The Labute approximate surface area is 122 Å². The van der Waals surface area contributed by atoms with Crippen LogP contribution in [0.4, 0.5) is 5.69 Å². The van der Waals surface area contributed by atoms with Gasteiger partial charge in [0.15, 0.2) is 11.5 Å². The van der Waals surface area contributed by atoms with Gasteiger partial charge in [0.25, 0.3) is 0 Å². The summed E-state index contributed by atoms with van der Waals surface area (Å²) in [6.07, 6.45) is 0. The van der Waals surface area contributed by atoms with E-state index in [0.29, 0.717) is 37.0 Å². The third kappa shape index (κ3) is 3.03. The van der Waals surface area contributed by atoms with Crippen LogP contribution in [-0.2, 0) is 13.2 Å². The molecule has 1 heterocycles. The van der Waals surface area contributed by atoms with Gasteiger partial charge in [-0.1, -0.05) is 12.1 Å². The molecule has 0 radical (unpaired) electrons. The maximum absolute atomic E-state index is 9.00. The van der Waals surface area contributed by atoms with Crippen LogP contribution in [0.2, 0.25) is 0 Å². The number of hydrogen-bond acceptors (Lipinski definition) is 5. The number of aliphatic hydroxyl groups excluding tert-OH is 1. The first kappa shape index (κ1) is 13.6. The second kappa shape index (κ2) is 5.93. The number of fused-ring (bicyclic) bond motifs is 1. The van der Waals surface area contributed by atoms with Crippen molar-refractivity contribution in [3.8, 4) is 17.2 Å². The lowest BCUT2D eigenvalue weighted by Crippen LogP contribution is -2.16. The number of aliphatic hydroxyl groups is 1. The van der Waals surface area contributed by atoms with Crippen molar-refractivity contribution >= 4 is 5.69 Å². The second-order valence-electron chi connectivity index (χ2n) is 4.79. The zero-order valence-electron chi connectivity index (χ0n) is 11.5. The topological polar surface area (TPSA) is 73.9 Å². The molecule has 110 valence electrons. The van der Waals surface area contributed by atoms with Gasteiger partial charge in [-0.3, -0.25) is 0 Å². The highest BCUT2D eigenvalue weighted by Crippen LogP contribution is 2.34. The lowest BCUT2D eigenvalue weighted by molar-refractivity contribution is 0.171. The van der Waals surface area contributed by atoms with E-state index in [2.05, 4.69) is 0 Å². The molecule has 21 heavy (non-hydrogen) atoms. The predicted octanol–water partition coefficient (Wildman–Crippen LogP) is 2.11. The summed E-state index contributed by atoms with van der Waals surface area (Å²) in [5.74, 6) is 2.10. The van der Waals surface area contributed by atoms with E-state index in [0.717, 1.165) is 16.9 Å². The molecule has 0 unspecified atom stereocenters. The average Bonchev–Trinajstić information content (AvgIpc) is 2.53. The van der Waals surface area contributed by atoms with Crippen LogP contribution in [-0.4, -0.2) is 18.3 Å². The lowest BCUT2D eigenvalue weighted by Gasteiger charge is -2.20. The Balaban J connectivity index is 1.72. The van der Waals surface area contributed by atoms with Crippen LogP contribution in [0.5, 0.6) is 17.2 Å². The van der Waals surface area contributed by atoms with Crippen LogP contribution in [0.1, 0.15) is 11.1 Å². The van der Waals surface area contributed by atoms with Crippen LogP contribution in [0.15, 0.2) is 36.4 Å². The van der Waals surface area contributed by atoms with E-state index in [1.807, 2.05) is 30.3 Å². The summed E-state index contributed by atoms with van der Waals surface area (Å²) < 4.78 is 16.7. The molecular formula is C16H17NO4. The minimum atomic E-state index is 0.0232. The summed E-state index contributed by atoms with van der Waals surface area (Å²) in [7, 11) is 0. The van der Waals surface area contributed by atoms with E-state index >= 15 is 0 Å². The Morgan fingerprint density at radius 1 is 1.05 bits per heavy atom. The van der Waals surface area contributed by atoms with E-state index in [1.54, 1.807) is 6.07 Å². The van der Waals surface area contributed by atoms with E-state index < -0.39 is 0 Å². The quantitative estimate of drug-likeness (QED) is 0.843. The largest absolute Gasteiger partial charge is 0.489 e. The Hall–Kier alpha value is -2.40. The predicted molar refractivity (Wildman–Crippen MR) is 78.5 cm³/mol. The molecule has 3 rings (SSSR count). The van der Waals surface area contributed by atoms with E-state index in [9.17, 15) is 0 Å². The number of anilines is 1. The fourth-order valence-electron chi connectivity index (χ4n) is 2.12. The van der Waals surface area contributed by atoms with Crippen molar-refractivity contribution in [2.24, 2.45) is 0 Å². The zero-order chi connectivity index (χ0) is 14.7. The summed E-state index contributed by atoms with van der Waals surface area (Å²) in [6, 6.07) is 10.9. The van der Waals surface area contributed by atoms with Gasteiger partial charge in [0.1, 0.15) is 25.6 Å². The number of hydrogen-bond donors (Lipinski definition) is 2. The van der Waals surface area contributed by atoms with Gasteiger partial charge in [0.2, 0.25) is 0 Å². The average molecular weight is 287 g/mol. The maximum Gasteiger partial charge on any atom is 0.163 e. The first-order valence-electron chi connectivity index (χ1n) is 6.77. The highest BCUT2D eigenvalue weighted by Gasteiger charge is 2.14. The van der Waals surface area contributed by atoms with Crippen molar-refractivity contribution < 1.29 is 19.3 Å². The van der Waals surface area contributed by atoms with Crippen LogP contribution in [0, 0.1) is 0 Å². The van der Waals surface area contributed by atoms with E-state index in [1.165, 1.54) is 0 Å². The van der Waals surface area contributed by atoms with Gasteiger partial charge in [0, 0.05) is 17.3 Å². The Bertz CT molecular complexity index is 625. The summed E-state index contributed by atoms with van der Waals surface area (Å²) in [4.78, 5) is 0. The van der Waals surface area contributed by atoms with Crippen molar-refractivity contribution in [3.63, 3.8) is 0 Å². The molecule has 0 spiro atoms. The van der Waals surface area contributed by atoms with Gasteiger partial charge in [-0.25, -0.2) is 0 Å². The fourth-order valence-corrected chi connectivity index (χ4v) is 2.12. The van der Waals surface area contributed by atoms with Crippen molar-refractivity contribution in [2.75, 3.05) is 18.9 Å². The van der Waals surface area contributed by atoms with Gasteiger partial charge in [-0.05, 0) is 23.8 Å². The van der Waals surface area contributed by atoms with Crippen molar-refractivity contribution in [1.29, 1.82) is 0 Å². The highest BCUT2D eigenvalue weighted by atomic mass is 16.6. The monoisotopic (exact) mass is 287 g/mol. The molecule has 0 saturated heterocycles. The SMILES string of the molecule is Nc1cc2c(cc1COc1ccc(CO)cc1)OCCO2. The number of rotatable bonds is 4. The number of nitrogen functional groups attached to an aromatic ring is 1. The molecule has 2 aromatic carbocycles.